The van der Waals surface area contributed by atoms with Gasteiger partial charge in [0.05, 0.1) is 6.04 Å². The predicted molar refractivity (Wildman–Crippen MR) is 40.9 cm³/mol. The summed E-state index contributed by atoms with van der Waals surface area (Å²) in [7, 11) is 0. The molecule has 1 rings (SSSR count). The van der Waals surface area contributed by atoms with Crippen LogP contribution in [0.25, 0.3) is 0 Å². The van der Waals surface area contributed by atoms with Gasteiger partial charge in [-0.2, -0.15) is 0 Å². The van der Waals surface area contributed by atoms with Crippen molar-refractivity contribution in [1.82, 2.24) is 4.90 Å². The Morgan fingerprint density at radius 3 is 2.00 bits per heavy atom. The molecule has 1 saturated heterocycles. The summed E-state index contributed by atoms with van der Waals surface area (Å²) >= 11 is 0. The number of nitrogens with zero attached hydrogens (tertiary/aromatic N) is 1. The van der Waals surface area contributed by atoms with Crippen molar-refractivity contribution in [3.8, 4) is 0 Å². The highest BCUT2D eigenvalue weighted by molar-refractivity contribution is 5.64. The van der Waals surface area contributed by atoms with Crippen LogP contribution in [0.2, 0.25) is 0 Å². The maximum atomic E-state index is 10.4. The molecule has 1 unspecified atom stereocenters. The molecule has 0 N–H and O–H groups in total. The standard InChI is InChI=1S/C8H15NO/c1-6-7(5-10)9(6)8(2,3)4/h5-7H,1-4H3/t6-,7+,9?/m0/s1. The third kappa shape index (κ3) is 1.08. The molecule has 0 aromatic carbocycles. The minimum absolute atomic E-state index is 0.158. The summed E-state index contributed by atoms with van der Waals surface area (Å²) < 4.78 is 0. The second kappa shape index (κ2) is 2.06. The lowest BCUT2D eigenvalue weighted by molar-refractivity contribution is -0.108. The minimum atomic E-state index is 0.158. The van der Waals surface area contributed by atoms with Crippen LogP contribution < -0.4 is 0 Å². The average Bonchev–Trinajstić information content (AvgIpc) is 2.39. The molecule has 3 atom stereocenters. The van der Waals surface area contributed by atoms with Gasteiger partial charge in [0.2, 0.25) is 0 Å². The highest BCUT2D eigenvalue weighted by atomic mass is 16.1. The topological polar surface area (TPSA) is 20.1 Å². The molecular formula is C8H15NO. The molecular weight excluding hydrogens is 126 g/mol. The number of hydrogen-bond donors (Lipinski definition) is 0. The highest BCUT2D eigenvalue weighted by Crippen LogP contribution is 2.34. The molecule has 58 valence electrons. The largest absolute Gasteiger partial charge is 0.302 e. The SMILES string of the molecule is C[C@H]1[C@@H](C=O)N1C(C)(C)C. The second-order valence-electron chi connectivity index (χ2n) is 3.95. The van der Waals surface area contributed by atoms with Gasteiger partial charge in [0.25, 0.3) is 0 Å². The van der Waals surface area contributed by atoms with Crippen LogP contribution in [-0.2, 0) is 4.79 Å². The molecule has 0 aromatic rings. The summed E-state index contributed by atoms with van der Waals surface area (Å²) in [6.07, 6.45) is 1.04. The van der Waals surface area contributed by atoms with E-state index in [1.807, 2.05) is 0 Å². The first kappa shape index (κ1) is 7.73. The molecule has 0 aliphatic carbocycles. The zero-order valence-corrected chi connectivity index (χ0v) is 7.09. The summed E-state index contributed by atoms with van der Waals surface area (Å²) in [6, 6.07) is 0.637. The predicted octanol–water partition coefficient (Wildman–Crippen LogP) is 1.06. The third-order valence-electron chi connectivity index (χ3n) is 2.08. The van der Waals surface area contributed by atoms with Gasteiger partial charge in [-0.1, -0.05) is 0 Å². The van der Waals surface area contributed by atoms with E-state index in [2.05, 4.69) is 32.6 Å². The van der Waals surface area contributed by atoms with E-state index in [1.54, 1.807) is 0 Å². The van der Waals surface area contributed by atoms with Crippen LogP contribution in [0.5, 0.6) is 0 Å². The molecule has 2 nitrogen and oxygen atoms in total. The van der Waals surface area contributed by atoms with Gasteiger partial charge in [-0.3, -0.25) is 4.90 Å². The summed E-state index contributed by atoms with van der Waals surface area (Å²) in [5.74, 6) is 0. The van der Waals surface area contributed by atoms with Gasteiger partial charge in [0.15, 0.2) is 0 Å². The van der Waals surface area contributed by atoms with Crippen LogP contribution in [-0.4, -0.2) is 28.8 Å². The molecule has 0 saturated carbocycles. The Morgan fingerprint density at radius 1 is 1.40 bits per heavy atom. The number of carbonyl (C=O) groups excluding carboxylic acids is 1. The third-order valence-corrected chi connectivity index (χ3v) is 2.08. The van der Waals surface area contributed by atoms with Crippen molar-refractivity contribution >= 4 is 6.29 Å². The van der Waals surface area contributed by atoms with Gasteiger partial charge in [0, 0.05) is 11.6 Å². The monoisotopic (exact) mass is 141 g/mol. The summed E-state index contributed by atoms with van der Waals surface area (Å²) in [5.41, 5.74) is 0.158. The van der Waals surface area contributed by atoms with E-state index in [1.165, 1.54) is 0 Å². The van der Waals surface area contributed by atoms with E-state index in [-0.39, 0.29) is 11.6 Å². The maximum absolute atomic E-state index is 10.4. The summed E-state index contributed by atoms with van der Waals surface area (Å²) in [4.78, 5) is 12.6. The first-order chi connectivity index (χ1) is 4.48. The lowest BCUT2D eigenvalue weighted by Crippen LogP contribution is -2.28. The van der Waals surface area contributed by atoms with Crippen molar-refractivity contribution < 1.29 is 4.79 Å². The lowest BCUT2D eigenvalue weighted by atomic mass is 10.1. The van der Waals surface area contributed by atoms with E-state index < -0.39 is 0 Å². The van der Waals surface area contributed by atoms with Gasteiger partial charge in [-0.15, -0.1) is 0 Å². The van der Waals surface area contributed by atoms with Gasteiger partial charge < -0.3 is 4.79 Å². The average molecular weight is 141 g/mol. The number of rotatable bonds is 1. The Hall–Kier alpha value is -0.370. The van der Waals surface area contributed by atoms with Crippen molar-refractivity contribution in [3.05, 3.63) is 0 Å². The molecule has 0 spiro atoms. The van der Waals surface area contributed by atoms with E-state index in [4.69, 9.17) is 0 Å². The molecule has 2 heteroatoms. The van der Waals surface area contributed by atoms with Crippen molar-refractivity contribution in [2.75, 3.05) is 0 Å². The Kier molecular flexibility index (Phi) is 1.59. The van der Waals surface area contributed by atoms with Crippen molar-refractivity contribution in [1.29, 1.82) is 0 Å². The first-order valence-electron chi connectivity index (χ1n) is 3.72. The van der Waals surface area contributed by atoms with Crippen LogP contribution in [0.15, 0.2) is 0 Å². The normalized spacial score (nSPS) is 39.4. The maximum Gasteiger partial charge on any atom is 0.138 e. The van der Waals surface area contributed by atoms with E-state index in [9.17, 15) is 4.79 Å². The van der Waals surface area contributed by atoms with Gasteiger partial charge in [0.1, 0.15) is 6.29 Å². The Balaban J connectivity index is 2.56. The van der Waals surface area contributed by atoms with E-state index in [0.717, 1.165) is 6.29 Å². The van der Waals surface area contributed by atoms with E-state index in [0.29, 0.717) is 6.04 Å². The zero-order valence-electron chi connectivity index (χ0n) is 7.09. The van der Waals surface area contributed by atoms with Crippen LogP contribution in [0, 0.1) is 0 Å². The second-order valence-corrected chi connectivity index (χ2v) is 3.95. The van der Waals surface area contributed by atoms with Crippen molar-refractivity contribution in [2.45, 2.75) is 45.3 Å². The quantitative estimate of drug-likeness (QED) is 0.402. The Labute approximate surface area is 62.2 Å². The molecule has 0 bridgehead atoms. The molecule has 1 fully saturated rings. The van der Waals surface area contributed by atoms with Crippen molar-refractivity contribution in [2.24, 2.45) is 0 Å². The molecule has 1 heterocycles. The Morgan fingerprint density at radius 2 is 1.90 bits per heavy atom. The summed E-state index contributed by atoms with van der Waals surface area (Å²) in [6.45, 7) is 8.48. The molecule has 1 aliphatic rings. The molecule has 0 aromatic heterocycles. The fourth-order valence-electron chi connectivity index (χ4n) is 1.61. The van der Waals surface area contributed by atoms with Gasteiger partial charge >= 0.3 is 0 Å². The fourth-order valence-corrected chi connectivity index (χ4v) is 1.61. The lowest BCUT2D eigenvalue weighted by Gasteiger charge is -2.20. The van der Waals surface area contributed by atoms with Crippen LogP contribution in [0.3, 0.4) is 0 Å². The first-order valence-corrected chi connectivity index (χ1v) is 3.72. The number of aldehydes is 1. The van der Waals surface area contributed by atoms with Crippen LogP contribution in [0.4, 0.5) is 0 Å². The van der Waals surface area contributed by atoms with Crippen LogP contribution in [0.1, 0.15) is 27.7 Å². The van der Waals surface area contributed by atoms with Crippen molar-refractivity contribution in [3.63, 3.8) is 0 Å². The van der Waals surface area contributed by atoms with Crippen LogP contribution >= 0.6 is 0 Å². The van der Waals surface area contributed by atoms with Gasteiger partial charge in [-0.25, -0.2) is 0 Å². The summed E-state index contributed by atoms with van der Waals surface area (Å²) in [5, 5.41) is 0. The molecule has 1 aliphatic heterocycles. The molecule has 10 heavy (non-hydrogen) atoms. The Bertz CT molecular complexity index is 148. The zero-order chi connectivity index (χ0) is 7.94. The minimum Gasteiger partial charge on any atom is -0.302 e. The van der Waals surface area contributed by atoms with Gasteiger partial charge in [-0.05, 0) is 27.7 Å². The fraction of sp³-hybridized carbons (Fsp3) is 0.875. The highest BCUT2D eigenvalue weighted by Gasteiger charge is 2.49. The van der Waals surface area contributed by atoms with E-state index >= 15 is 0 Å². The number of hydrogen-bond acceptors (Lipinski definition) is 2. The molecule has 0 amide bonds. The number of carbonyl (C=O) groups is 1. The smallest absolute Gasteiger partial charge is 0.138 e. The molecule has 0 radical (unpaired) electrons.